The molecule has 1 fully saturated rings. The fourth-order valence-corrected chi connectivity index (χ4v) is 4.63. The van der Waals surface area contributed by atoms with Crippen molar-refractivity contribution < 1.29 is 0 Å². The van der Waals surface area contributed by atoms with Gasteiger partial charge < -0.3 is 4.90 Å². The van der Waals surface area contributed by atoms with Crippen LogP contribution >= 0.6 is 0 Å². The predicted molar refractivity (Wildman–Crippen MR) is 117 cm³/mol. The Morgan fingerprint density at radius 3 is 1.54 bits per heavy atom. The Hall–Kier alpha value is -2.84. The summed E-state index contributed by atoms with van der Waals surface area (Å²) < 4.78 is 0. The summed E-state index contributed by atoms with van der Waals surface area (Å²) >= 11 is 0. The molecular weight excluding hydrogens is 340 g/mol. The molecule has 1 aliphatic rings. The highest BCUT2D eigenvalue weighted by Gasteiger charge is 2.43. The number of benzene rings is 3. The molecule has 0 aliphatic carbocycles. The monoisotopic (exact) mass is 368 g/mol. The van der Waals surface area contributed by atoms with Gasteiger partial charge in [-0.15, -0.1) is 0 Å². The molecule has 0 aromatic heterocycles. The average Bonchev–Trinajstić information content (AvgIpc) is 2.77. The van der Waals surface area contributed by atoms with Crippen LogP contribution in [0.3, 0.4) is 0 Å². The summed E-state index contributed by atoms with van der Waals surface area (Å²) in [7, 11) is 0. The van der Waals surface area contributed by atoms with Gasteiger partial charge in [-0.1, -0.05) is 97.6 Å². The smallest absolute Gasteiger partial charge is 0.0974 e. The minimum Gasteiger partial charge on any atom is -0.373 e. The molecule has 0 saturated carbocycles. The van der Waals surface area contributed by atoms with E-state index in [0.717, 1.165) is 19.6 Å². The largest absolute Gasteiger partial charge is 0.373 e. The lowest BCUT2D eigenvalue weighted by molar-refractivity contribution is 0.0615. The van der Waals surface area contributed by atoms with Crippen LogP contribution in [0.2, 0.25) is 0 Å². The van der Waals surface area contributed by atoms with Gasteiger partial charge >= 0.3 is 0 Å². The third kappa shape index (κ3) is 3.14. The summed E-state index contributed by atoms with van der Waals surface area (Å²) in [5, 5.41) is 0. The van der Waals surface area contributed by atoms with E-state index < -0.39 is 0 Å². The van der Waals surface area contributed by atoms with Crippen LogP contribution in [-0.2, 0) is 5.54 Å². The number of hydrogen-bond acceptors (Lipinski definition) is 2. The van der Waals surface area contributed by atoms with Gasteiger partial charge in [0.05, 0.1) is 5.54 Å². The van der Waals surface area contributed by atoms with E-state index in [1.807, 2.05) is 6.20 Å². The molecular formula is C26H28N2. The molecule has 1 aliphatic heterocycles. The zero-order valence-corrected chi connectivity index (χ0v) is 16.5. The van der Waals surface area contributed by atoms with Gasteiger partial charge in [0.1, 0.15) is 0 Å². The lowest BCUT2D eigenvalue weighted by Gasteiger charge is -2.51. The fraction of sp³-hybridized carbons (Fsp3) is 0.231. The van der Waals surface area contributed by atoms with E-state index in [4.69, 9.17) is 0 Å². The maximum atomic E-state index is 4.00. The minimum absolute atomic E-state index is 0.314. The van der Waals surface area contributed by atoms with Crippen molar-refractivity contribution in [3.8, 4) is 0 Å². The summed E-state index contributed by atoms with van der Waals surface area (Å²) in [5.74, 6) is 0. The van der Waals surface area contributed by atoms with E-state index in [9.17, 15) is 0 Å². The standard InChI is InChI=1S/C26H28N2/c1-3-27-19-20-28(21-22(27)2)26(23-13-7-4-8-14-23,24-15-9-5-10-16-24)25-17-11-6-12-18-25/h3-18,22H,1,19-21H2,2H3/t22-/m0/s1. The highest BCUT2D eigenvalue weighted by Crippen LogP contribution is 2.43. The Kier molecular flexibility index (Phi) is 5.31. The molecule has 28 heavy (non-hydrogen) atoms. The lowest BCUT2D eigenvalue weighted by Crippen LogP contribution is -2.58. The van der Waals surface area contributed by atoms with E-state index in [1.54, 1.807) is 0 Å². The molecule has 2 nitrogen and oxygen atoms in total. The molecule has 0 N–H and O–H groups in total. The third-order valence-corrected chi connectivity index (χ3v) is 5.96. The molecule has 1 saturated heterocycles. The van der Waals surface area contributed by atoms with Crippen LogP contribution in [0, 0.1) is 0 Å². The summed E-state index contributed by atoms with van der Waals surface area (Å²) in [5.41, 5.74) is 3.62. The SMILES string of the molecule is C=CN1CCN(C(c2ccccc2)(c2ccccc2)c2ccccc2)C[C@@H]1C. The lowest BCUT2D eigenvalue weighted by atomic mass is 9.75. The first-order valence-electron chi connectivity index (χ1n) is 10.1. The molecule has 2 heteroatoms. The Balaban J connectivity index is 1.95. The quantitative estimate of drug-likeness (QED) is 0.576. The van der Waals surface area contributed by atoms with Gasteiger partial charge in [0, 0.05) is 25.7 Å². The number of hydrogen-bond donors (Lipinski definition) is 0. The van der Waals surface area contributed by atoms with Crippen molar-refractivity contribution in [3.63, 3.8) is 0 Å². The normalized spacial score (nSPS) is 18.0. The van der Waals surface area contributed by atoms with Gasteiger partial charge in [0.25, 0.3) is 0 Å². The number of nitrogens with zero attached hydrogens (tertiary/aromatic N) is 2. The van der Waals surface area contributed by atoms with E-state index in [2.05, 4.69) is 114 Å². The van der Waals surface area contributed by atoms with Crippen molar-refractivity contribution in [1.82, 2.24) is 9.80 Å². The van der Waals surface area contributed by atoms with Crippen LogP contribution in [0.1, 0.15) is 23.6 Å². The molecule has 0 spiro atoms. The molecule has 3 aromatic rings. The number of piperazine rings is 1. The maximum absolute atomic E-state index is 4.00. The average molecular weight is 369 g/mol. The molecule has 3 aromatic carbocycles. The van der Waals surface area contributed by atoms with Gasteiger partial charge in [-0.25, -0.2) is 0 Å². The van der Waals surface area contributed by atoms with Gasteiger partial charge in [0.2, 0.25) is 0 Å². The van der Waals surface area contributed by atoms with E-state index in [-0.39, 0.29) is 5.54 Å². The molecule has 0 amide bonds. The summed E-state index contributed by atoms with van der Waals surface area (Å²) in [6.07, 6.45) is 1.98. The summed E-state index contributed by atoms with van der Waals surface area (Å²) in [6.45, 7) is 9.24. The van der Waals surface area contributed by atoms with Crippen molar-refractivity contribution in [2.24, 2.45) is 0 Å². The van der Waals surface area contributed by atoms with Crippen LogP contribution in [-0.4, -0.2) is 35.5 Å². The van der Waals surface area contributed by atoms with Gasteiger partial charge in [-0.2, -0.15) is 0 Å². The summed E-state index contributed by atoms with van der Waals surface area (Å²) in [4.78, 5) is 5.00. The van der Waals surface area contributed by atoms with Crippen LogP contribution in [0.5, 0.6) is 0 Å². The van der Waals surface area contributed by atoms with Crippen molar-refractivity contribution in [1.29, 1.82) is 0 Å². The van der Waals surface area contributed by atoms with Crippen molar-refractivity contribution >= 4 is 0 Å². The fourth-order valence-electron chi connectivity index (χ4n) is 4.63. The predicted octanol–water partition coefficient (Wildman–Crippen LogP) is 5.13. The van der Waals surface area contributed by atoms with Crippen molar-refractivity contribution in [3.05, 3.63) is 120 Å². The van der Waals surface area contributed by atoms with Crippen molar-refractivity contribution in [2.75, 3.05) is 19.6 Å². The van der Waals surface area contributed by atoms with Crippen LogP contribution < -0.4 is 0 Å². The highest BCUT2D eigenvalue weighted by atomic mass is 15.3. The zero-order chi connectivity index (χ0) is 19.4. The Morgan fingerprint density at radius 2 is 1.18 bits per heavy atom. The second-order valence-corrected chi connectivity index (χ2v) is 7.52. The van der Waals surface area contributed by atoms with Gasteiger partial charge in [-0.3, -0.25) is 4.90 Å². The highest BCUT2D eigenvalue weighted by molar-refractivity contribution is 5.49. The third-order valence-electron chi connectivity index (χ3n) is 5.96. The molecule has 0 radical (unpaired) electrons. The first kappa shape index (κ1) is 18.5. The maximum Gasteiger partial charge on any atom is 0.0974 e. The molecule has 1 heterocycles. The topological polar surface area (TPSA) is 6.48 Å². The Bertz CT molecular complexity index is 793. The zero-order valence-electron chi connectivity index (χ0n) is 16.5. The molecule has 0 bridgehead atoms. The first-order valence-corrected chi connectivity index (χ1v) is 10.1. The minimum atomic E-state index is -0.314. The van der Waals surface area contributed by atoms with E-state index in [1.165, 1.54) is 16.7 Å². The second-order valence-electron chi connectivity index (χ2n) is 7.52. The second kappa shape index (κ2) is 8.04. The first-order chi connectivity index (χ1) is 13.8. The molecule has 4 rings (SSSR count). The Morgan fingerprint density at radius 1 is 0.750 bits per heavy atom. The molecule has 1 atom stereocenters. The Labute approximate surface area is 168 Å². The molecule has 0 unspecified atom stereocenters. The van der Waals surface area contributed by atoms with Crippen LogP contribution in [0.4, 0.5) is 0 Å². The van der Waals surface area contributed by atoms with Gasteiger partial charge in [-0.05, 0) is 29.8 Å². The van der Waals surface area contributed by atoms with E-state index >= 15 is 0 Å². The van der Waals surface area contributed by atoms with Gasteiger partial charge in [0.15, 0.2) is 0 Å². The van der Waals surface area contributed by atoms with Crippen LogP contribution in [0.25, 0.3) is 0 Å². The summed E-state index contributed by atoms with van der Waals surface area (Å²) in [6, 6.07) is 33.2. The van der Waals surface area contributed by atoms with E-state index in [0.29, 0.717) is 6.04 Å². The van der Waals surface area contributed by atoms with Crippen molar-refractivity contribution in [2.45, 2.75) is 18.5 Å². The molecule has 142 valence electrons. The van der Waals surface area contributed by atoms with Crippen LogP contribution in [0.15, 0.2) is 104 Å². The number of rotatable bonds is 5.